The van der Waals surface area contributed by atoms with Gasteiger partial charge in [0.15, 0.2) is 11.9 Å². The summed E-state index contributed by atoms with van der Waals surface area (Å²) in [6.07, 6.45) is -0.997. The van der Waals surface area contributed by atoms with Gasteiger partial charge in [0.05, 0.1) is 0 Å². The Morgan fingerprint density at radius 3 is 2.43 bits per heavy atom. The van der Waals surface area contributed by atoms with Crippen molar-refractivity contribution in [2.45, 2.75) is 6.10 Å². The molecule has 72 valence electrons. The number of hydrogen-bond acceptors (Lipinski definition) is 3. The highest BCUT2D eigenvalue weighted by Crippen LogP contribution is 2.33. The van der Waals surface area contributed by atoms with Crippen molar-refractivity contribution in [2.75, 3.05) is 0 Å². The van der Waals surface area contributed by atoms with Gasteiger partial charge in [0.25, 0.3) is 0 Å². The highest BCUT2D eigenvalue weighted by atomic mass is 19.1. The zero-order chi connectivity index (χ0) is 10.1. The quantitative estimate of drug-likeness (QED) is 0.695. The molecule has 1 aromatic carbocycles. The van der Waals surface area contributed by atoms with E-state index in [1.165, 1.54) is 0 Å². The summed E-state index contributed by atoms with van der Waals surface area (Å²) in [4.78, 5) is 10.8. The van der Waals surface area contributed by atoms with E-state index in [0.717, 1.165) is 0 Å². The number of carbonyl (C=O) groups excluding carboxylic acids is 1. The first-order valence-electron chi connectivity index (χ1n) is 4.04. The summed E-state index contributed by atoms with van der Waals surface area (Å²) in [5.74, 6) is -2.98. The maximum atomic E-state index is 12.8. The van der Waals surface area contributed by atoms with Crippen LogP contribution in [-0.2, 0) is 9.53 Å². The van der Waals surface area contributed by atoms with Crippen molar-refractivity contribution in [3.63, 3.8) is 0 Å². The molecule has 0 aromatic heterocycles. The SMILES string of the molecule is O=C1OC(c2ccccc2)C(O)=C1F. The van der Waals surface area contributed by atoms with Crippen LogP contribution in [0.15, 0.2) is 41.9 Å². The van der Waals surface area contributed by atoms with E-state index < -0.39 is 23.7 Å². The van der Waals surface area contributed by atoms with Crippen LogP contribution in [-0.4, -0.2) is 11.1 Å². The molecule has 0 amide bonds. The van der Waals surface area contributed by atoms with Gasteiger partial charge in [-0.1, -0.05) is 30.3 Å². The summed E-state index contributed by atoms with van der Waals surface area (Å²) in [6.45, 7) is 0. The Balaban J connectivity index is 2.36. The molecule has 1 heterocycles. The van der Waals surface area contributed by atoms with Gasteiger partial charge < -0.3 is 9.84 Å². The number of carbonyl (C=O) groups is 1. The van der Waals surface area contributed by atoms with Gasteiger partial charge in [0, 0.05) is 5.56 Å². The van der Waals surface area contributed by atoms with Gasteiger partial charge >= 0.3 is 5.97 Å². The summed E-state index contributed by atoms with van der Waals surface area (Å²) in [7, 11) is 0. The third kappa shape index (κ3) is 1.25. The predicted octanol–water partition coefficient (Wildman–Crippen LogP) is 2.02. The molecule has 0 fully saturated rings. The Bertz CT molecular complexity index is 397. The van der Waals surface area contributed by atoms with Gasteiger partial charge in [-0.15, -0.1) is 0 Å². The summed E-state index contributed by atoms with van der Waals surface area (Å²) in [5, 5.41) is 9.24. The molecule has 14 heavy (non-hydrogen) atoms. The standard InChI is InChI=1S/C10H7FO3/c11-7-8(12)9(14-10(7)13)6-4-2-1-3-5-6/h1-5,9,12H. The van der Waals surface area contributed by atoms with Crippen molar-refractivity contribution in [1.82, 2.24) is 0 Å². The highest BCUT2D eigenvalue weighted by Gasteiger charge is 2.35. The summed E-state index contributed by atoms with van der Waals surface area (Å²) in [6, 6.07) is 8.50. The maximum absolute atomic E-state index is 12.8. The zero-order valence-corrected chi connectivity index (χ0v) is 7.11. The molecule has 0 spiro atoms. The third-order valence-corrected chi connectivity index (χ3v) is 1.98. The van der Waals surface area contributed by atoms with Crippen LogP contribution in [0.5, 0.6) is 0 Å². The molecule has 4 heteroatoms. The molecule has 0 saturated carbocycles. The first-order valence-corrected chi connectivity index (χ1v) is 4.04. The number of ether oxygens (including phenoxy) is 1. The lowest BCUT2D eigenvalue weighted by Gasteiger charge is -2.09. The third-order valence-electron chi connectivity index (χ3n) is 1.98. The van der Waals surface area contributed by atoms with Crippen LogP contribution < -0.4 is 0 Å². The molecule has 1 atom stereocenters. The van der Waals surface area contributed by atoms with E-state index >= 15 is 0 Å². The molecule has 1 aromatic rings. The van der Waals surface area contributed by atoms with Crippen molar-refractivity contribution < 1.29 is 19.0 Å². The van der Waals surface area contributed by atoms with Crippen molar-refractivity contribution in [3.05, 3.63) is 47.5 Å². The van der Waals surface area contributed by atoms with Crippen LogP contribution in [0.2, 0.25) is 0 Å². The highest BCUT2D eigenvalue weighted by molar-refractivity contribution is 5.89. The lowest BCUT2D eigenvalue weighted by atomic mass is 10.1. The molecule has 1 unspecified atom stereocenters. The molecule has 0 radical (unpaired) electrons. The minimum absolute atomic E-state index is 0.547. The van der Waals surface area contributed by atoms with Crippen molar-refractivity contribution in [2.24, 2.45) is 0 Å². The van der Waals surface area contributed by atoms with Crippen LogP contribution in [0.4, 0.5) is 4.39 Å². The fraction of sp³-hybridized carbons (Fsp3) is 0.100. The second-order valence-electron chi connectivity index (χ2n) is 2.90. The summed E-state index contributed by atoms with van der Waals surface area (Å²) >= 11 is 0. The number of esters is 1. The second-order valence-corrected chi connectivity index (χ2v) is 2.90. The van der Waals surface area contributed by atoms with Crippen LogP contribution >= 0.6 is 0 Å². The number of benzene rings is 1. The van der Waals surface area contributed by atoms with Gasteiger partial charge in [0.2, 0.25) is 5.83 Å². The number of halogens is 1. The van der Waals surface area contributed by atoms with E-state index in [9.17, 15) is 14.3 Å². The smallest absolute Gasteiger partial charge is 0.372 e. The van der Waals surface area contributed by atoms with Crippen LogP contribution in [0.25, 0.3) is 0 Å². The number of aliphatic hydroxyl groups excluding tert-OH is 1. The molecule has 1 aliphatic heterocycles. The van der Waals surface area contributed by atoms with E-state index in [1.54, 1.807) is 30.3 Å². The van der Waals surface area contributed by atoms with Gasteiger partial charge in [-0.2, -0.15) is 4.39 Å². The van der Waals surface area contributed by atoms with Gasteiger partial charge in [-0.05, 0) is 0 Å². The normalized spacial score (nSPS) is 21.2. The monoisotopic (exact) mass is 194 g/mol. The van der Waals surface area contributed by atoms with Crippen molar-refractivity contribution >= 4 is 5.97 Å². The number of cyclic esters (lactones) is 1. The lowest BCUT2D eigenvalue weighted by Crippen LogP contribution is -2.02. The van der Waals surface area contributed by atoms with E-state index in [0.29, 0.717) is 5.56 Å². The Morgan fingerprint density at radius 1 is 1.29 bits per heavy atom. The van der Waals surface area contributed by atoms with Crippen molar-refractivity contribution in [1.29, 1.82) is 0 Å². The van der Waals surface area contributed by atoms with Gasteiger partial charge in [-0.25, -0.2) is 4.79 Å². The molecule has 1 N–H and O–H groups in total. The Hall–Kier alpha value is -1.84. The molecular formula is C10H7FO3. The number of aliphatic hydroxyl groups is 1. The lowest BCUT2D eigenvalue weighted by molar-refractivity contribution is -0.141. The zero-order valence-electron chi connectivity index (χ0n) is 7.11. The van der Waals surface area contributed by atoms with Crippen LogP contribution in [0, 0.1) is 0 Å². The molecule has 0 aliphatic carbocycles. The molecule has 0 saturated heterocycles. The van der Waals surface area contributed by atoms with Gasteiger partial charge in [0.1, 0.15) is 0 Å². The summed E-state index contributed by atoms with van der Waals surface area (Å²) < 4.78 is 17.4. The average Bonchev–Trinajstić information content (AvgIpc) is 2.47. The fourth-order valence-electron chi connectivity index (χ4n) is 1.29. The van der Waals surface area contributed by atoms with Crippen LogP contribution in [0.1, 0.15) is 11.7 Å². The van der Waals surface area contributed by atoms with E-state index in [-0.39, 0.29) is 0 Å². The molecule has 3 nitrogen and oxygen atoms in total. The second kappa shape index (κ2) is 3.14. The number of rotatable bonds is 1. The molecule has 2 rings (SSSR count). The van der Waals surface area contributed by atoms with Crippen LogP contribution in [0.3, 0.4) is 0 Å². The Labute approximate surface area is 79.4 Å². The molecule has 1 aliphatic rings. The molecular weight excluding hydrogens is 187 g/mol. The largest absolute Gasteiger partial charge is 0.505 e. The number of hydrogen-bond donors (Lipinski definition) is 1. The minimum atomic E-state index is -1.21. The van der Waals surface area contributed by atoms with E-state index in [1.807, 2.05) is 0 Å². The minimum Gasteiger partial charge on any atom is -0.505 e. The first kappa shape index (κ1) is 8.74. The van der Waals surface area contributed by atoms with Gasteiger partial charge in [-0.3, -0.25) is 0 Å². The maximum Gasteiger partial charge on any atom is 0.372 e. The van der Waals surface area contributed by atoms with E-state index in [4.69, 9.17) is 0 Å². The molecule has 0 bridgehead atoms. The fourth-order valence-corrected chi connectivity index (χ4v) is 1.29. The Kier molecular flexibility index (Phi) is 1.96. The Morgan fingerprint density at radius 2 is 1.93 bits per heavy atom. The summed E-state index contributed by atoms with van der Waals surface area (Å²) in [5.41, 5.74) is 0.547. The van der Waals surface area contributed by atoms with Crippen molar-refractivity contribution in [3.8, 4) is 0 Å². The first-order chi connectivity index (χ1) is 6.70. The van der Waals surface area contributed by atoms with E-state index in [2.05, 4.69) is 4.74 Å². The average molecular weight is 194 g/mol. The predicted molar refractivity (Wildman–Crippen MR) is 46.0 cm³/mol. The topological polar surface area (TPSA) is 46.5 Å².